The zero-order valence-corrected chi connectivity index (χ0v) is 12.8. The molecule has 5 nitrogen and oxygen atoms in total. The molecule has 0 aliphatic heterocycles. The van der Waals surface area contributed by atoms with E-state index in [9.17, 15) is 4.79 Å². The monoisotopic (exact) mass is 288 g/mol. The lowest BCUT2D eigenvalue weighted by Crippen LogP contribution is -2.14. The molecular formula is C14H16N4OS. The molecule has 20 heavy (non-hydrogen) atoms. The van der Waals surface area contributed by atoms with E-state index in [2.05, 4.69) is 22.0 Å². The Balaban J connectivity index is 2.34. The third kappa shape index (κ3) is 1.87. The molecule has 0 saturated heterocycles. The second-order valence-electron chi connectivity index (χ2n) is 4.85. The van der Waals surface area contributed by atoms with Crippen molar-refractivity contribution in [3.05, 3.63) is 38.4 Å². The highest BCUT2D eigenvalue weighted by Gasteiger charge is 2.15. The molecule has 0 amide bonds. The Kier molecular flexibility index (Phi) is 2.97. The molecule has 0 saturated carbocycles. The molecule has 0 bridgehead atoms. The van der Waals surface area contributed by atoms with Gasteiger partial charge in [-0.1, -0.05) is 6.92 Å². The van der Waals surface area contributed by atoms with Crippen molar-refractivity contribution in [2.24, 2.45) is 0 Å². The highest BCUT2D eigenvalue weighted by atomic mass is 32.1. The van der Waals surface area contributed by atoms with Gasteiger partial charge in [-0.25, -0.2) is 14.5 Å². The minimum absolute atomic E-state index is 0.0850. The van der Waals surface area contributed by atoms with Crippen molar-refractivity contribution in [3.63, 3.8) is 0 Å². The van der Waals surface area contributed by atoms with Gasteiger partial charge in [-0.05, 0) is 27.2 Å². The van der Waals surface area contributed by atoms with Crippen LogP contribution in [0, 0.1) is 20.8 Å². The maximum absolute atomic E-state index is 12.2. The Morgan fingerprint density at radius 2 is 2.05 bits per heavy atom. The molecule has 0 spiro atoms. The van der Waals surface area contributed by atoms with E-state index in [0.29, 0.717) is 5.69 Å². The summed E-state index contributed by atoms with van der Waals surface area (Å²) in [5.41, 5.74) is 4.35. The van der Waals surface area contributed by atoms with E-state index in [0.717, 1.165) is 38.9 Å². The predicted octanol–water partition coefficient (Wildman–Crippen LogP) is 2.63. The van der Waals surface area contributed by atoms with Crippen LogP contribution in [0.4, 0.5) is 0 Å². The summed E-state index contributed by atoms with van der Waals surface area (Å²) in [4.78, 5) is 22.3. The summed E-state index contributed by atoms with van der Waals surface area (Å²) >= 11 is 1.57. The second-order valence-corrected chi connectivity index (χ2v) is 6.06. The number of aryl methyl sites for hydroxylation is 4. The van der Waals surface area contributed by atoms with Crippen LogP contribution < -0.4 is 5.56 Å². The van der Waals surface area contributed by atoms with Crippen LogP contribution >= 0.6 is 11.3 Å². The number of nitrogens with one attached hydrogen (secondary N) is 1. The van der Waals surface area contributed by atoms with Crippen LogP contribution in [0.3, 0.4) is 0 Å². The maximum atomic E-state index is 12.2. The molecule has 1 N–H and O–H groups in total. The minimum Gasteiger partial charge on any atom is -0.294 e. The molecule has 3 heterocycles. The fourth-order valence-electron chi connectivity index (χ4n) is 2.50. The molecule has 3 rings (SSSR count). The van der Waals surface area contributed by atoms with Gasteiger partial charge in [0.2, 0.25) is 0 Å². The van der Waals surface area contributed by atoms with Crippen molar-refractivity contribution in [2.45, 2.75) is 34.1 Å². The number of rotatable bonds is 2. The molecule has 0 aliphatic rings. The first-order valence-electron chi connectivity index (χ1n) is 6.57. The number of nitrogens with zero attached hydrogens (tertiary/aromatic N) is 3. The first-order valence-corrected chi connectivity index (χ1v) is 7.38. The first kappa shape index (κ1) is 13.1. The summed E-state index contributed by atoms with van der Waals surface area (Å²) in [6.45, 7) is 7.95. The van der Waals surface area contributed by atoms with Crippen molar-refractivity contribution in [3.8, 4) is 10.6 Å². The van der Waals surface area contributed by atoms with E-state index in [1.54, 1.807) is 17.4 Å². The van der Waals surface area contributed by atoms with Gasteiger partial charge in [0.25, 0.3) is 5.56 Å². The minimum atomic E-state index is -0.0850. The molecule has 3 aromatic rings. The average molecular weight is 288 g/mol. The fraction of sp³-hybridized carbons (Fsp3) is 0.357. The van der Waals surface area contributed by atoms with Gasteiger partial charge < -0.3 is 0 Å². The average Bonchev–Trinajstić information content (AvgIpc) is 2.88. The van der Waals surface area contributed by atoms with Crippen LogP contribution in [0.5, 0.6) is 0 Å². The molecule has 0 unspecified atom stereocenters. The van der Waals surface area contributed by atoms with Gasteiger partial charge in [-0.3, -0.25) is 9.89 Å². The Bertz CT molecular complexity index is 856. The van der Waals surface area contributed by atoms with Crippen LogP contribution in [0.1, 0.15) is 28.9 Å². The molecular weight excluding hydrogens is 272 g/mol. The molecule has 3 aromatic heterocycles. The maximum Gasteiger partial charge on any atom is 0.273 e. The summed E-state index contributed by atoms with van der Waals surface area (Å²) in [5, 5.41) is 4.06. The molecule has 6 heteroatoms. The Morgan fingerprint density at radius 1 is 1.30 bits per heavy atom. The number of hydrogen-bond acceptors (Lipinski definition) is 4. The highest BCUT2D eigenvalue weighted by Crippen LogP contribution is 2.28. The SMILES string of the molecule is CCc1c(C)[nH]n2c(=O)cc(-c3sc(C)nc3C)nc12. The molecule has 0 aliphatic carbocycles. The van der Waals surface area contributed by atoms with E-state index >= 15 is 0 Å². The molecule has 104 valence electrons. The van der Waals surface area contributed by atoms with E-state index in [-0.39, 0.29) is 5.56 Å². The van der Waals surface area contributed by atoms with E-state index in [1.807, 2.05) is 20.8 Å². The zero-order chi connectivity index (χ0) is 14.4. The smallest absolute Gasteiger partial charge is 0.273 e. The second kappa shape index (κ2) is 4.56. The van der Waals surface area contributed by atoms with Crippen LogP contribution in [0.15, 0.2) is 10.9 Å². The summed E-state index contributed by atoms with van der Waals surface area (Å²) in [6, 6.07) is 1.57. The summed E-state index contributed by atoms with van der Waals surface area (Å²) in [5.74, 6) is 0. The van der Waals surface area contributed by atoms with Crippen LogP contribution in [0.25, 0.3) is 16.2 Å². The van der Waals surface area contributed by atoms with Gasteiger partial charge in [0.05, 0.1) is 21.3 Å². The third-order valence-electron chi connectivity index (χ3n) is 3.41. The van der Waals surface area contributed by atoms with Gasteiger partial charge >= 0.3 is 0 Å². The van der Waals surface area contributed by atoms with Gasteiger partial charge in [0, 0.05) is 17.3 Å². The normalized spacial score (nSPS) is 11.4. The van der Waals surface area contributed by atoms with Crippen LogP contribution in [0.2, 0.25) is 0 Å². The molecule has 0 aromatic carbocycles. The first-order chi connectivity index (χ1) is 9.51. The number of aromatic amines is 1. The van der Waals surface area contributed by atoms with E-state index < -0.39 is 0 Å². The Morgan fingerprint density at radius 3 is 2.65 bits per heavy atom. The number of fused-ring (bicyclic) bond motifs is 1. The van der Waals surface area contributed by atoms with Gasteiger partial charge in [-0.2, -0.15) is 0 Å². The van der Waals surface area contributed by atoms with Crippen molar-refractivity contribution in [1.29, 1.82) is 0 Å². The quantitative estimate of drug-likeness (QED) is 0.788. The van der Waals surface area contributed by atoms with Crippen molar-refractivity contribution in [2.75, 3.05) is 0 Å². The summed E-state index contributed by atoms with van der Waals surface area (Å²) in [6.07, 6.45) is 0.843. The number of hydrogen-bond donors (Lipinski definition) is 1. The Labute approximate surface area is 120 Å². The number of H-pyrrole nitrogens is 1. The lowest BCUT2D eigenvalue weighted by molar-refractivity contribution is 0.882. The molecule has 0 radical (unpaired) electrons. The zero-order valence-electron chi connectivity index (χ0n) is 11.9. The molecule has 0 fully saturated rings. The van der Waals surface area contributed by atoms with Crippen molar-refractivity contribution in [1.82, 2.24) is 19.6 Å². The largest absolute Gasteiger partial charge is 0.294 e. The highest BCUT2D eigenvalue weighted by molar-refractivity contribution is 7.15. The molecule has 0 atom stereocenters. The lowest BCUT2D eigenvalue weighted by Gasteiger charge is -2.00. The van der Waals surface area contributed by atoms with Crippen LogP contribution in [-0.4, -0.2) is 19.6 Å². The topological polar surface area (TPSA) is 63.0 Å². The van der Waals surface area contributed by atoms with Crippen LogP contribution in [-0.2, 0) is 6.42 Å². The standard InChI is InChI=1S/C14H16N4OS/c1-5-10-7(2)17-18-12(19)6-11(16-14(10)18)13-8(3)15-9(4)20-13/h6,17H,5H2,1-4H3. The van der Waals surface area contributed by atoms with Crippen molar-refractivity contribution < 1.29 is 0 Å². The van der Waals surface area contributed by atoms with Gasteiger partial charge in [0.15, 0.2) is 5.65 Å². The van der Waals surface area contributed by atoms with Crippen molar-refractivity contribution >= 4 is 17.0 Å². The third-order valence-corrected chi connectivity index (χ3v) is 4.51. The van der Waals surface area contributed by atoms with Gasteiger partial charge in [-0.15, -0.1) is 11.3 Å². The van der Waals surface area contributed by atoms with Gasteiger partial charge in [0.1, 0.15) is 0 Å². The summed E-state index contributed by atoms with van der Waals surface area (Å²) in [7, 11) is 0. The number of thiazole rings is 1. The summed E-state index contributed by atoms with van der Waals surface area (Å²) < 4.78 is 1.51. The number of aromatic nitrogens is 4. The fourth-order valence-corrected chi connectivity index (χ4v) is 3.38. The lowest BCUT2D eigenvalue weighted by atomic mass is 10.2. The van der Waals surface area contributed by atoms with E-state index in [1.165, 1.54) is 4.52 Å². The predicted molar refractivity (Wildman–Crippen MR) is 80.5 cm³/mol. The Hall–Kier alpha value is -1.95. The van der Waals surface area contributed by atoms with E-state index in [4.69, 9.17) is 0 Å².